The number of ether oxygens (including phenoxy) is 3. The van der Waals surface area contributed by atoms with Crippen LogP contribution in [0.2, 0.25) is 0 Å². The first-order valence-corrected chi connectivity index (χ1v) is 7.10. The second kappa shape index (κ2) is 8.94. The second-order valence-corrected chi connectivity index (χ2v) is 5.07. The van der Waals surface area contributed by atoms with Gasteiger partial charge in [-0.3, -0.25) is 0 Å². The van der Waals surface area contributed by atoms with E-state index < -0.39 is 12.1 Å². The molecule has 0 saturated heterocycles. The number of halogens is 1. The van der Waals surface area contributed by atoms with Crippen LogP contribution in [-0.4, -0.2) is 39.4 Å². The van der Waals surface area contributed by atoms with Crippen molar-refractivity contribution in [1.29, 1.82) is 0 Å². The Bertz CT molecular complexity index is 439. The Morgan fingerprint density at radius 3 is 2.75 bits per heavy atom. The van der Waals surface area contributed by atoms with Crippen LogP contribution in [0.4, 0.5) is 0 Å². The fourth-order valence-corrected chi connectivity index (χ4v) is 2.08. The van der Waals surface area contributed by atoms with E-state index in [1.54, 1.807) is 14.0 Å². The van der Waals surface area contributed by atoms with Crippen LogP contribution in [0.3, 0.4) is 0 Å². The van der Waals surface area contributed by atoms with E-state index in [2.05, 4.69) is 26.0 Å². The molecule has 0 fully saturated rings. The molecule has 0 heterocycles. The van der Waals surface area contributed by atoms with Crippen LogP contribution >= 0.6 is 15.9 Å². The number of carbonyl (C=O) groups is 1. The lowest BCUT2D eigenvalue weighted by Gasteiger charge is -2.14. The van der Waals surface area contributed by atoms with E-state index in [0.29, 0.717) is 12.4 Å². The van der Waals surface area contributed by atoms with Gasteiger partial charge in [-0.15, -0.1) is 0 Å². The van der Waals surface area contributed by atoms with Crippen molar-refractivity contribution in [3.05, 3.63) is 28.2 Å². The average Bonchev–Trinajstić information content (AvgIpc) is 2.45. The zero-order chi connectivity index (χ0) is 15.0. The Hall–Kier alpha value is -1.11. The highest BCUT2D eigenvalue weighted by molar-refractivity contribution is 9.10. The van der Waals surface area contributed by atoms with Gasteiger partial charge in [0.2, 0.25) is 0 Å². The lowest BCUT2D eigenvalue weighted by Crippen LogP contribution is -2.25. The summed E-state index contributed by atoms with van der Waals surface area (Å²) in [6, 6.07) is 5.74. The lowest BCUT2D eigenvalue weighted by molar-refractivity contribution is -0.147. The number of benzene rings is 1. The van der Waals surface area contributed by atoms with Gasteiger partial charge < -0.3 is 19.5 Å². The summed E-state index contributed by atoms with van der Waals surface area (Å²) in [4.78, 5) is 11.3. The van der Waals surface area contributed by atoms with Crippen LogP contribution in [0.15, 0.2) is 22.7 Å². The number of methoxy groups -OCH3 is 2. The Labute approximate surface area is 127 Å². The first-order chi connectivity index (χ1) is 9.58. The highest BCUT2D eigenvalue weighted by atomic mass is 79.9. The van der Waals surface area contributed by atoms with Gasteiger partial charge in [0.1, 0.15) is 5.75 Å². The second-order valence-electron chi connectivity index (χ2n) is 4.22. The molecule has 1 atom stereocenters. The predicted octanol–water partition coefficient (Wildman–Crippen LogP) is 2.13. The summed E-state index contributed by atoms with van der Waals surface area (Å²) >= 11 is 3.44. The molecular weight excluding hydrogens is 326 g/mol. The maximum atomic E-state index is 11.3. The van der Waals surface area contributed by atoms with E-state index in [1.165, 1.54) is 7.11 Å². The minimum atomic E-state index is -0.637. The van der Waals surface area contributed by atoms with E-state index in [1.807, 2.05) is 18.2 Å². The summed E-state index contributed by atoms with van der Waals surface area (Å²) in [6.45, 7) is 3.87. The molecule has 1 N–H and O–H groups in total. The van der Waals surface area contributed by atoms with E-state index in [-0.39, 0.29) is 0 Å². The van der Waals surface area contributed by atoms with Crippen LogP contribution in [0.5, 0.6) is 5.75 Å². The van der Waals surface area contributed by atoms with Crippen molar-refractivity contribution in [2.45, 2.75) is 19.6 Å². The summed E-state index contributed by atoms with van der Waals surface area (Å²) in [5.41, 5.74) is 1.12. The van der Waals surface area contributed by atoms with Crippen LogP contribution < -0.4 is 10.1 Å². The zero-order valence-corrected chi connectivity index (χ0v) is 13.5. The van der Waals surface area contributed by atoms with Crippen molar-refractivity contribution < 1.29 is 19.0 Å². The largest absolute Gasteiger partial charge is 0.478 e. The topological polar surface area (TPSA) is 56.8 Å². The highest BCUT2D eigenvalue weighted by Gasteiger charge is 2.16. The van der Waals surface area contributed by atoms with Gasteiger partial charge in [0.25, 0.3) is 0 Å². The van der Waals surface area contributed by atoms with Gasteiger partial charge in [-0.1, -0.05) is 6.07 Å². The molecule has 0 radical (unpaired) electrons. The van der Waals surface area contributed by atoms with Crippen molar-refractivity contribution in [3.8, 4) is 5.75 Å². The van der Waals surface area contributed by atoms with Gasteiger partial charge in [-0.2, -0.15) is 0 Å². The van der Waals surface area contributed by atoms with E-state index in [9.17, 15) is 4.79 Å². The normalized spacial score (nSPS) is 12.0. The summed E-state index contributed by atoms with van der Waals surface area (Å²) < 4.78 is 15.9. The first kappa shape index (κ1) is 16.9. The van der Waals surface area contributed by atoms with Crippen molar-refractivity contribution in [3.63, 3.8) is 0 Å². The minimum absolute atomic E-state index is 0.401. The Morgan fingerprint density at radius 2 is 2.15 bits per heavy atom. The molecule has 1 aromatic rings. The van der Waals surface area contributed by atoms with Gasteiger partial charge in [-0.05, 0) is 40.5 Å². The Balaban J connectivity index is 2.57. The number of rotatable bonds is 8. The standard InChI is InChI=1S/C14H20BrNO4/c1-10(14(17)19-3)20-13-5-4-11(8-12(13)15)9-16-6-7-18-2/h4-5,8,10,16H,6-7,9H2,1-3H3. The van der Waals surface area contributed by atoms with Gasteiger partial charge >= 0.3 is 5.97 Å². The lowest BCUT2D eigenvalue weighted by atomic mass is 10.2. The first-order valence-electron chi connectivity index (χ1n) is 6.31. The molecule has 0 aliphatic carbocycles. The molecule has 0 amide bonds. The monoisotopic (exact) mass is 345 g/mol. The molecule has 112 valence electrons. The molecule has 0 aliphatic rings. The van der Waals surface area contributed by atoms with E-state index in [0.717, 1.165) is 23.1 Å². The molecule has 1 aromatic carbocycles. The molecule has 20 heavy (non-hydrogen) atoms. The van der Waals surface area contributed by atoms with Gasteiger partial charge in [0.05, 0.1) is 18.2 Å². The van der Waals surface area contributed by atoms with Crippen molar-refractivity contribution in [2.75, 3.05) is 27.4 Å². The van der Waals surface area contributed by atoms with Gasteiger partial charge in [0.15, 0.2) is 6.10 Å². The summed E-state index contributed by atoms with van der Waals surface area (Å²) in [7, 11) is 3.01. The zero-order valence-electron chi connectivity index (χ0n) is 11.9. The Kier molecular flexibility index (Phi) is 7.58. The average molecular weight is 346 g/mol. The quantitative estimate of drug-likeness (QED) is 0.577. The minimum Gasteiger partial charge on any atom is -0.478 e. The van der Waals surface area contributed by atoms with Gasteiger partial charge in [-0.25, -0.2) is 4.79 Å². The molecule has 0 spiro atoms. The number of hydrogen-bond acceptors (Lipinski definition) is 5. The SMILES string of the molecule is COCCNCc1ccc(OC(C)C(=O)OC)c(Br)c1. The number of esters is 1. The van der Waals surface area contributed by atoms with Crippen molar-refractivity contribution in [1.82, 2.24) is 5.32 Å². The number of nitrogens with one attached hydrogen (secondary N) is 1. The molecule has 0 bridgehead atoms. The third-order valence-corrected chi connectivity index (χ3v) is 3.26. The van der Waals surface area contributed by atoms with Crippen molar-refractivity contribution in [2.24, 2.45) is 0 Å². The molecule has 0 aromatic heterocycles. The van der Waals surface area contributed by atoms with Crippen LogP contribution in [0.25, 0.3) is 0 Å². The smallest absolute Gasteiger partial charge is 0.346 e. The fourth-order valence-electron chi connectivity index (χ4n) is 1.56. The molecular formula is C14H20BrNO4. The van der Waals surface area contributed by atoms with Gasteiger partial charge in [0, 0.05) is 20.2 Å². The molecule has 0 saturated carbocycles. The summed E-state index contributed by atoms with van der Waals surface area (Å²) in [6.07, 6.45) is -0.637. The maximum absolute atomic E-state index is 11.3. The maximum Gasteiger partial charge on any atom is 0.346 e. The summed E-state index contributed by atoms with van der Waals surface area (Å²) in [5.74, 6) is 0.214. The highest BCUT2D eigenvalue weighted by Crippen LogP contribution is 2.27. The number of carbonyl (C=O) groups excluding carboxylic acids is 1. The summed E-state index contributed by atoms with van der Waals surface area (Å²) in [5, 5.41) is 3.26. The van der Waals surface area contributed by atoms with Crippen molar-refractivity contribution >= 4 is 21.9 Å². The number of hydrogen-bond donors (Lipinski definition) is 1. The third-order valence-electron chi connectivity index (χ3n) is 2.65. The molecule has 6 heteroatoms. The predicted molar refractivity (Wildman–Crippen MR) is 79.8 cm³/mol. The van der Waals surface area contributed by atoms with Crippen LogP contribution in [-0.2, 0) is 20.8 Å². The molecule has 1 unspecified atom stereocenters. The van der Waals surface area contributed by atoms with Crippen LogP contribution in [0, 0.1) is 0 Å². The molecule has 5 nitrogen and oxygen atoms in total. The van der Waals surface area contributed by atoms with Crippen LogP contribution in [0.1, 0.15) is 12.5 Å². The van der Waals surface area contributed by atoms with E-state index in [4.69, 9.17) is 9.47 Å². The molecule has 0 aliphatic heterocycles. The van der Waals surface area contributed by atoms with E-state index >= 15 is 0 Å². The fraction of sp³-hybridized carbons (Fsp3) is 0.500. The Morgan fingerprint density at radius 1 is 1.40 bits per heavy atom. The third kappa shape index (κ3) is 5.48. The molecule has 1 rings (SSSR count).